The van der Waals surface area contributed by atoms with E-state index in [1.807, 2.05) is 0 Å². The number of ether oxygens (including phenoxy) is 3. The fourth-order valence-corrected chi connectivity index (χ4v) is 2.06. The molecule has 0 aliphatic carbocycles. The standard InChI is InChI=1S/C17H16O5/c1-20-13-9-12(10-14(21-2)17(13)22-3)16(19)15(18)11-7-5-4-6-8-11/h4-10H,1-3H3. The van der Waals surface area contributed by atoms with Gasteiger partial charge in [-0.1, -0.05) is 30.3 Å². The van der Waals surface area contributed by atoms with Gasteiger partial charge in [0.2, 0.25) is 17.3 Å². The lowest BCUT2D eigenvalue weighted by molar-refractivity contribution is 0.0816. The van der Waals surface area contributed by atoms with Crippen molar-refractivity contribution in [3.63, 3.8) is 0 Å². The van der Waals surface area contributed by atoms with Gasteiger partial charge in [0.05, 0.1) is 21.3 Å². The van der Waals surface area contributed by atoms with E-state index in [0.29, 0.717) is 22.8 Å². The lowest BCUT2D eigenvalue weighted by atomic mass is 10.0. The largest absolute Gasteiger partial charge is 0.493 e. The molecule has 0 aromatic heterocycles. The van der Waals surface area contributed by atoms with Crippen LogP contribution in [0.15, 0.2) is 42.5 Å². The zero-order valence-corrected chi connectivity index (χ0v) is 12.6. The van der Waals surface area contributed by atoms with Crippen molar-refractivity contribution in [2.24, 2.45) is 0 Å². The van der Waals surface area contributed by atoms with E-state index in [-0.39, 0.29) is 5.56 Å². The summed E-state index contributed by atoms with van der Waals surface area (Å²) in [7, 11) is 4.37. The maximum absolute atomic E-state index is 12.4. The third-order valence-corrected chi connectivity index (χ3v) is 3.17. The lowest BCUT2D eigenvalue weighted by Crippen LogP contribution is -2.14. The van der Waals surface area contributed by atoms with Crippen LogP contribution in [0, 0.1) is 0 Å². The van der Waals surface area contributed by atoms with Crippen molar-refractivity contribution in [1.82, 2.24) is 0 Å². The molecular formula is C17H16O5. The van der Waals surface area contributed by atoms with E-state index >= 15 is 0 Å². The number of Topliss-reactive ketones (excluding diaryl/α,β-unsaturated/α-hetero) is 2. The maximum atomic E-state index is 12.4. The molecule has 114 valence electrons. The summed E-state index contributed by atoms with van der Waals surface area (Å²) in [5, 5.41) is 0. The van der Waals surface area contributed by atoms with Crippen molar-refractivity contribution in [3.8, 4) is 17.2 Å². The van der Waals surface area contributed by atoms with Gasteiger partial charge in [-0.15, -0.1) is 0 Å². The zero-order chi connectivity index (χ0) is 16.1. The lowest BCUT2D eigenvalue weighted by Gasteiger charge is -2.13. The van der Waals surface area contributed by atoms with Gasteiger partial charge in [0.25, 0.3) is 0 Å². The van der Waals surface area contributed by atoms with Crippen LogP contribution >= 0.6 is 0 Å². The monoisotopic (exact) mass is 300 g/mol. The topological polar surface area (TPSA) is 61.8 Å². The van der Waals surface area contributed by atoms with E-state index in [1.54, 1.807) is 30.3 Å². The van der Waals surface area contributed by atoms with Gasteiger partial charge in [0.1, 0.15) is 0 Å². The van der Waals surface area contributed by atoms with Crippen LogP contribution in [0.1, 0.15) is 20.7 Å². The average molecular weight is 300 g/mol. The first-order chi connectivity index (χ1) is 10.6. The van der Waals surface area contributed by atoms with Gasteiger partial charge in [0, 0.05) is 11.1 Å². The Bertz CT molecular complexity index is 666. The van der Waals surface area contributed by atoms with Crippen molar-refractivity contribution in [2.75, 3.05) is 21.3 Å². The fourth-order valence-electron chi connectivity index (χ4n) is 2.06. The molecule has 0 saturated heterocycles. The Labute approximate surface area is 128 Å². The smallest absolute Gasteiger partial charge is 0.233 e. The predicted molar refractivity (Wildman–Crippen MR) is 81.2 cm³/mol. The molecule has 0 heterocycles. The minimum Gasteiger partial charge on any atom is -0.493 e. The predicted octanol–water partition coefficient (Wildman–Crippen LogP) is 2.78. The highest BCUT2D eigenvalue weighted by Gasteiger charge is 2.22. The fraction of sp³-hybridized carbons (Fsp3) is 0.176. The number of carbonyl (C=O) groups excluding carboxylic acids is 2. The minimum absolute atomic E-state index is 0.184. The Morgan fingerprint density at radius 1 is 0.727 bits per heavy atom. The number of hydrogen-bond acceptors (Lipinski definition) is 5. The van der Waals surface area contributed by atoms with Crippen LogP contribution in [-0.2, 0) is 0 Å². The highest BCUT2D eigenvalue weighted by atomic mass is 16.5. The number of rotatable bonds is 6. The number of hydrogen-bond donors (Lipinski definition) is 0. The molecule has 2 aromatic carbocycles. The molecule has 5 nitrogen and oxygen atoms in total. The third-order valence-electron chi connectivity index (χ3n) is 3.17. The number of ketones is 2. The first-order valence-electron chi connectivity index (χ1n) is 6.56. The molecule has 2 rings (SSSR count). The molecule has 0 radical (unpaired) electrons. The Morgan fingerprint density at radius 2 is 1.23 bits per heavy atom. The summed E-state index contributed by atoms with van der Waals surface area (Å²) in [5.74, 6) is -0.203. The summed E-state index contributed by atoms with van der Waals surface area (Å²) < 4.78 is 15.6. The SMILES string of the molecule is COc1cc(C(=O)C(=O)c2ccccc2)cc(OC)c1OC. The van der Waals surface area contributed by atoms with Crippen LogP contribution in [0.5, 0.6) is 17.2 Å². The van der Waals surface area contributed by atoms with Crippen LogP contribution in [-0.4, -0.2) is 32.9 Å². The first kappa shape index (κ1) is 15.6. The highest BCUT2D eigenvalue weighted by Crippen LogP contribution is 2.38. The molecule has 0 unspecified atom stereocenters. The number of carbonyl (C=O) groups is 2. The second-order valence-electron chi connectivity index (χ2n) is 4.44. The van der Waals surface area contributed by atoms with Crippen molar-refractivity contribution in [2.45, 2.75) is 0 Å². The van der Waals surface area contributed by atoms with E-state index in [0.717, 1.165) is 0 Å². The Kier molecular flexibility index (Phi) is 4.78. The number of benzene rings is 2. The molecule has 0 saturated carbocycles. The molecular weight excluding hydrogens is 284 g/mol. The molecule has 0 aliphatic rings. The maximum Gasteiger partial charge on any atom is 0.233 e. The summed E-state index contributed by atoms with van der Waals surface area (Å²) in [6.07, 6.45) is 0. The van der Waals surface area contributed by atoms with Gasteiger partial charge < -0.3 is 14.2 Å². The normalized spacial score (nSPS) is 9.95. The second kappa shape index (κ2) is 6.76. The summed E-state index contributed by atoms with van der Waals surface area (Å²) >= 11 is 0. The molecule has 0 fully saturated rings. The average Bonchev–Trinajstić information content (AvgIpc) is 2.59. The van der Waals surface area contributed by atoms with Crippen LogP contribution in [0.2, 0.25) is 0 Å². The van der Waals surface area contributed by atoms with Crippen LogP contribution < -0.4 is 14.2 Å². The van der Waals surface area contributed by atoms with Crippen molar-refractivity contribution >= 4 is 11.6 Å². The van der Waals surface area contributed by atoms with Crippen molar-refractivity contribution < 1.29 is 23.8 Å². The van der Waals surface area contributed by atoms with Crippen LogP contribution in [0.4, 0.5) is 0 Å². The summed E-state index contributed by atoms with van der Waals surface area (Å²) in [4.78, 5) is 24.6. The summed E-state index contributed by atoms with van der Waals surface area (Å²) in [5.41, 5.74) is 0.518. The molecule has 0 amide bonds. The molecule has 2 aromatic rings. The van der Waals surface area contributed by atoms with Gasteiger partial charge in [-0.3, -0.25) is 9.59 Å². The summed E-state index contributed by atoms with van der Waals surface area (Å²) in [6, 6.07) is 11.3. The van der Waals surface area contributed by atoms with E-state index in [4.69, 9.17) is 14.2 Å². The molecule has 0 N–H and O–H groups in total. The quantitative estimate of drug-likeness (QED) is 0.606. The van der Waals surface area contributed by atoms with E-state index in [1.165, 1.54) is 33.5 Å². The minimum atomic E-state index is -0.634. The summed E-state index contributed by atoms with van der Waals surface area (Å²) in [6.45, 7) is 0. The molecule has 0 atom stereocenters. The second-order valence-corrected chi connectivity index (χ2v) is 4.44. The third kappa shape index (κ3) is 2.93. The van der Waals surface area contributed by atoms with Gasteiger partial charge in [-0.2, -0.15) is 0 Å². The molecule has 22 heavy (non-hydrogen) atoms. The molecule has 0 bridgehead atoms. The molecule has 5 heteroatoms. The zero-order valence-electron chi connectivity index (χ0n) is 12.6. The molecule has 0 spiro atoms. The van der Waals surface area contributed by atoms with Crippen molar-refractivity contribution in [3.05, 3.63) is 53.6 Å². The van der Waals surface area contributed by atoms with E-state index in [2.05, 4.69) is 0 Å². The van der Waals surface area contributed by atoms with Gasteiger partial charge in [0.15, 0.2) is 11.5 Å². The van der Waals surface area contributed by atoms with E-state index in [9.17, 15) is 9.59 Å². The Balaban J connectivity index is 2.44. The number of methoxy groups -OCH3 is 3. The first-order valence-corrected chi connectivity index (χ1v) is 6.56. The van der Waals surface area contributed by atoms with Gasteiger partial charge in [-0.05, 0) is 12.1 Å². The van der Waals surface area contributed by atoms with Gasteiger partial charge in [-0.25, -0.2) is 0 Å². The highest BCUT2D eigenvalue weighted by molar-refractivity contribution is 6.49. The Hall–Kier alpha value is -2.82. The molecule has 0 aliphatic heterocycles. The van der Waals surface area contributed by atoms with E-state index < -0.39 is 11.6 Å². The van der Waals surface area contributed by atoms with Crippen LogP contribution in [0.25, 0.3) is 0 Å². The van der Waals surface area contributed by atoms with Crippen molar-refractivity contribution in [1.29, 1.82) is 0 Å². The Morgan fingerprint density at radius 3 is 1.68 bits per heavy atom. The van der Waals surface area contributed by atoms with Gasteiger partial charge >= 0.3 is 0 Å². The van der Waals surface area contributed by atoms with Crippen LogP contribution in [0.3, 0.4) is 0 Å².